The first-order chi connectivity index (χ1) is 7.12. The van der Waals surface area contributed by atoms with E-state index in [0.29, 0.717) is 0 Å². The Morgan fingerprint density at radius 1 is 0.545 bits per heavy atom. The molecule has 0 bridgehead atoms. The zero-order chi connectivity index (χ0) is 14.1. The largest absolute Gasteiger partial charge is 0.457 e. The quantitative estimate of drug-likeness (QED) is 0.249. The van der Waals surface area contributed by atoms with Crippen molar-refractivity contribution in [3.63, 3.8) is 0 Å². The first-order valence-electron chi connectivity index (χ1n) is 6.08. The summed E-state index contributed by atoms with van der Waals surface area (Å²) in [5.74, 6) is 0. The van der Waals surface area contributed by atoms with Crippen LogP contribution in [0.2, 0.25) is 58.9 Å². The molecule has 1 atom stereocenters. The van der Waals surface area contributed by atoms with Crippen LogP contribution in [-0.4, -0.2) is 33.8 Å². The van der Waals surface area contributed by atoms with Gasteiger partial charge >= 0.3 is 8.56 Å². The molecule has 0 aliphatic rings. The molecular weight excluding hydrogens is 595 g/mol. The number of rotatable bonds is 6. The predicted molar refractivity (Wildman–Crippen MR) is 111 cm³/mol. The van der Waals surface area contributed by atoms with E-state index in [4.69, 9.17) is 12.3 Å². The van der Waals surface area contributed by atoms with E-state index in [-0.39, 0.29) is 29.7 Å². The van der Waals surface area contributed by atoms with Gasteiger partial charge in [0, 0.05) is 0 Å². The maximum absolute atomic E-state index is 6.17. The van der Waals surface area contributed by atoms with Gasteiger partial charge in [0.2, 0.25) is 0 Å². The summed E-state index contributed by atoms with van der Waals surface area (Å²) >= 11 is 0. The normalized spacial score (nSPS) is 13.9. The van der Waals surface area contributed by atoms with Crippen molar-refractivity contribution in [3.8, 4) is 0 Å². The molecule has 0 saturated carbocycles. The third-order valence-electron chi connectivity index (χ3n) is 1.54. The average molecular weight is 641 g/mol. The van der Waals surface area contributed by atoms with Crippen LogP contribution in [0.3, 0.4) is 0 Å². The van der Waals surface area contributed by atoms with Gasteiger partial charge in [-0.15, -0.1) is 0 Å². The van der Waals surface area contributed by atoms with Crippen molar-refractivity contribution in [1.29, 1.82) is 0 Å². The van der Waals surface area contributed by atoms with Gasteiger partial charge in [-0.05, 0) is 58.9 Å². The van der Waals surface area contributed by atoms with E-state index in [2.05, 4.69) is 58.9 Å². The number of hydrogen-bond acceptors (Lipinski definition) is 3. The van der Waals surface area contributed by atoms with Gasteiger partial charge < -0.3 is 12.3 Å². The van der Waals surface area contributed by atoms with Gasteiger partial charge in [0.25, 0.3) is 0 Å². The fraction of sp³-hybridized carbons (Fsp3) is 0.929. The Labute approximate surface area is 141 Å². The van der Waals surface area contributed by atoms with Crippen LogP contribution in [0.1, 0.15) is 29.7 Å². The third kappa shape index (κ3) is 22.0. The topological polar surface area (TPSA) is 27.7 Å². The summed E-state index contributed by atoms with van der Waals surface area (Å²) in [5.41, 5.74) is 0. The standard InChI is InChI=1S/C10H29O3Si4.4CH4.Rf/c1-14(2,3)11-16(7,8)13-17(9,10)12-15(4,5)6;;;;;/h7H2,1-6,8-10H3;4*1H4;/q-1;;;;;. The van der Waals surface area contributed by atoms with Crippen LogP contribution in [0.5, 0.6) is 0 Å². The van der Waals surface area contributed by atoms with Crippen LogP contribution in [-0.2, 0) is 12.3 Å². The van der Waals surface area contributed by atoms with E-state index in [1.54, 1.807) is 0 Å². The van der Waals surface area contributed by atoms with Gasteiger partial charge in [-0.25, -0.2) is 0 Å². The molecule has 0 rings (SSSR count). The molecular formula is C14H45O3RfSi4-. The molecule has 0 aliphatic heterocycles. The van der Waals surface area contributed by atoms with Gasteiger partial charge in [-0.1, -0.05) is 29.7 Å². The Bertz CT molecular complexity index is 236. The molecule has 0 aromatic rings. The van der Waals surface area contributed by atoms with Crippen molar-refractivity contribution in [2.45, 2.75) is 88.6 Å². The minimum atomic E-state index is -2.30. The second-order valence-electron chi connectivity index (χ2n) is 7.06. The first-order valence-corrected chi connectivity index (χ1v) is 18.2. The van der Waals surface area contributed by atoms with E-state index in [9.17, 15) is 0 Å². The predicted octanol–water partition coefficient (Wildman–Crippen LogP) is 6.40. The van der Waals surface area contributed by atoms with Crippen LogP contribution in [0.4, 0.5) is 0 Å². The van der Waals surface area contributed by atoms with Crippen molar-refractivity contribution in [2.24, 2.45) is 0 Å². The second-order valence-corrected chi connectivity index (χ2v) is 23.0. The monoisotopic (exact) mass is 640 g/mol. The van der Waals surface area contributed by atoms with E-state index < -0.39 is 33.8 Å². The van der Waals surface area contributed by atoms with Crippen LogP contribution in [0.15, 0.2) is 0 Å². The summed E-state index contributed by atoms with van der Waals surface area (Å²) in [4.78, 5) is 0. The fourth-order valence-corrected chi connectivity index (χ4v) is 18.3. The maximum atomic E-state index is 6.17. The van der Waals surface area contributed by atoms with Gasteiger partial charge in [0.15, 0.2) is 16.6 Å². The molecule has 138 valence electrons. The van der Waals surface area contributed by atoms with Crippen molar-refractivity contribution in [1.82, 2.24) is 0 Å². The second kappa shape index (κ2) is 11.3. The molecule has 0 aliphatic carbocycles. The molecule has 0 amide bonds. The number of hydrogen-bond donors (Lipinski definition) is 0. The Morgan fingerprint density at radius 3 is 1.05 bits per heavy atom. The molecule has 0 spiro atoms. The van der Waals surface area contributed by atoms with Crippen molar-refractivity contribution < 1.29 is 12.3 Å². The van der Waals surface area contributed by atoms with Crippen molar-refractivity contribution in [3.05, 3.63) is 6.55 Å². The minimum absolute atomic E-state index is 0. The average Bonchev–Trinajstić information content (AvgIpc) is 1.65. The summed E-state index contributed by atoms with van der Waals surface area (Å²) in [7, 11) is -7.58. The van der Waals surface area contributed by atoms with E-state index >= 15 is 0 Å². The SMILES string of the molecule is C.C.C.C.[CH2-][Si](C)(O[Si](C)(C)C)O[Si](C)(C)O[Si](C)(C)C.[Rf]. The smallest absolute Gasteiger partial charge is 0.311 e. The molecule has 0 heterocycles. The van der Waals surface area contributed by atoms with Crippen LogP contribution >= 0.6 is 0 Å². The van der Waals surface area contributed by atoms with E-state index in [1.807, 2.05) is 6.55 Å². The van der Waals surface area contributed by atoms with Gasteiger partial charge in [-0.3, -0.25) is 6.55 Å². The van der Waals surface area contributed by atoms with Gasteiger partial charge in [0.1, 0.15) is 8.56 Å². The Morgan fingerprint density at radius 2 is 0.818 bits per heavy atom. The van der Waals surface area contributed by atoms with Crippen LogP contribution < -0.4 is 0 Å². The molecule has 3 nitrogen and oxygen atoms in total. The molecule has 0 aromatic carbocycles. The molecule has 0 radical (unpaired) electrons. The summed E-state index contributed by atoms with van der Waals surface area (Å²) < 4.78 is 18.4. The van der Waals surface area contributed by atoms with Gasteiger partial charge in [0.05, 0.1) is 0 Å². The molecule has 8 heteroatoms. The minimum Gasteiger partial charge on any atom is -0.457 e. The first kappa shape index (κ1) is 37.8. The molecule has 0 fully saturated rings. The third-order valence-corrected chi connectivity index (χ3v) is 13.8. The van der Waals surface area contributed by atoms with Crippen molar-refractivity contribution >= 4 is 33.8 Å². The fourth-order valence-electron chi connectivity index (χ4n) is 1.95. The zero-order valence-corrected chi connectivity index (χ0v) is 24.0. The van der Waals surface area contributed by atoms with E-state index in [1.165, 1.54) is 0 Å². The summed E-state index contributed by atoms with van der Waals surface area (Å²) in [6.45, 7) is 23.4. The molecule has 0 saturated heterocycles. The Kier molecular flexibility index (Phi) is 19.4. The summed E-state index contributed by atoms with van der Waals surface area (Å²) in [6.07, 6.45) is 0. The summed E-state index contributed by atoms with van der Waals surface area (Å²) in [6, 6.07) is 0. The van der Waals surface area contributed by atoms with Gasteiger partial charge in [-0.2, -0.15) is 0 Å². The Balaban J connectivity index is -0.000000128. The molecule has 1 unspecified atom stereocenters. The maximum Gasteiger partial charge on any atom is 0.311 e. The van der Waals surface area contributed by atoms with E-state index in [0.717, 1.165) is 0 Å². The zero-order valence-electron chi connectivity index (χ0n) is 13.6. The Hall–Kier alpha value is -0.252. The van der Waals surface area contributed by atoms with Crippen LogP contribution in [0.25, 0.3) is 0 Å². The van der Waals surface area contributed by atoms with Crippen LogP contribution in [0, 0.1) is 6.55 Å². The molecule has 0 N–H and O–H groups in total. The van der Waals surface area contributed by atoms with Crippen molar-refractivity contribution in [2.75, 3.05) is 0 Å². The molecule has 0 aromatic heterocycles. The molecule has 22 heavy (non-hydrogen) atoms. The summed E-state index contributed by atoms with van der Waals surface area (Å²) in [5, 5.41) is 0.